The van der Waals surface area contributed by atoms with E-state index in [2.05, 4.69) is 32.2 Å². The highest BCUT2D eigenvalue weighted by Gasteiger charge is 2.19. The van der Waals surface area contributed by atoms with E-state index in [0.717, 1.165) is 30.5 Å². The maximum absolute atomic E-state index is 6.04. The van der Waals surface area contributed by atoms with Gasteiger partial charge >= 0.3 is 0 Å². The van der Waals surface area contributed by atoms with Crippen LogP contribution in [-0.4, -0.2) is 38.0 Å². The summed E-state index contributed by atoms with van der Waals surface area (Å²) >= 11 is 6.04. The molecule has 0 atom stereocenters. The van der Waals surface area contributed by atoms with E-state index < -0.39 is 0 Å². The lowest BCUT2D eigenvalue weighted by Crippen LogP contribution is -2.37. The Morgan fingerprint density at radius 3 is 2.52 bits per heavy atom. The molecule has 0 aromatic heterocycles. The molecule has 0 unspecified atom stereocenters. The zero-order valence-electron chi connectivity index (χ0n) is 13.6. The second-order valence-electron chi connectivity index (χ2n) is 6.04. The van der Waals surface area contributed by atoms with Gasteiger partial charge in [-0.2, -0.15) is 0 Å². The Morgan fingerprint density at radius 2 is 2.00 bits per heavy atom. The molecule has 1 rings (SSSR count). The maximum atomic E-state index is 6.04. The summed E-state index contributed by atoms with van der Waals surface area (Å²) in [6, 6.07) is 8.06. The van der Waals surface area contributed by atoms with Crippen LogP contribution in [0.15, 0.2) is 29.3 Å². The van der Waals surface area contributed by atoms with Crippen LogP contribution in [0, 0.1) is 5.41 Å². The van der Waals surface area contributed by atoms with Crippen molar-refractivity contribution in [2.45, 2.75) is 27.2 Å². The number of hydrogen-bond donors (Lipinski definition) is 1. The summed E-state index contributed by atoms with van der Waals surface area (Å²) in [5, 5.41) is 4.08. The predicted octanol–water partition coefficient (Wildman–Crippen LogP) is 4.05. The summed E-state index contributed by atoms with van der Waals surface area (Å²) in [5.74, 6) is 0.937. The molecule has 1 aromatic rings. The second-order valence-corrected chi connectivity index (χ2v) is 6.47. The molecular weight excluding hydrogens is 397 g/mol. The molecule has 0 saturated heterocycles. The molecule has 0 radical (unpaired) electrons. The smallest absolute Gasteiger partial charge is 0.193 e. The van der Waals surface area contributed by atoms with E-state index in [1.807, 2.05) is 37.2 Å². The van der Waals surface area contributed by atoms with Gasteiger partial charge in [0.15, 0.2) is 5.96 Å². The zero-order valence-corrected chi connectivity index (χ0v) is 16.7. The van der Waals surface area contributed by atoms with E-state index in [4.69, 9.17) is 16.6 Å². The summed E-state index contributed by atoms with van der Waals surface area (Å²) in [5.41, 5.74) is 1.36. The normalized spacial score (nSPS) is 11.8. The van der Waals surface area contributed by atoms with Gasteiger partial charge in [0.2, 0.25) is 0 Å². The van der Waals surface area contributed by atoms with Crippen LogP contribution in [0.25, 0.3) is 0 Å². The van der Waals surface area contributed by atoms with E-state index in [-0.39, 0.29) is 29.4 Å². The van der Waals surface area contributed by atoms with Gasteiger partial charge in [-0.15, -0.1) is 24.0 Å². The molecular formula is C16H27ClIN3. The van der Waals surface area contributed by atoms with Gasteiger partial charge in [0.25, 0.3) is 0 Å². The van der Waals surface area contributed by atoms with Crippen LogP contribution in [0.3, 0.4) is 0 Å². The Hall–Kier alpha value is -0.490. The third-order valence-electron chi connectivity index (χ3n) is 2.99. The van der Waals surface area contributed by atoms with Gasteiger partial charge in [0, 0.05) is 32.2 Å². The number of rotatable bonds is 5. The van der Waals surface area contributed by atoms with Crippen LogP contribution in [0.5, 0.6) is 0 Å². The average molecular weight is 424 g/mol. The minimum absolute atomic E-state index is 0. The summed E-state index contributed by atoms with van der Waals surface area (Å²) in [6.07, 6.45) is 0.962. The molecule has 5 heteroatoms. The number of nitrogens with zero attached hydrogens (tertiary/aromatic N) is 2. The van der Waals surface area contributed by atoms with E-state index in [1.54, 1.807) is 0 Å². The first kappa shape index (κ1) is 20.5. The molecule has 0 spiro atoms. The molecule has 0 saturated carbocycles. The highest BCUT2D eigenvalue weighted by atomic mass is 127. The topological polar surface area (TPSA) is 27.6 Å². The fourth-order valence-corrected chi connectivity index (χ4v) is 2.27. The van der Waals surface area contributed by atoms with Crippen LogP contribution in [0.4, 0.5) is 0 Å². The quantitative estimate of drug-likeness (QED) is 0.439. The molecule has 0 heterocycles. The van der Waals surface area contributed by atoms with Crippen molar-refractivity contribution in [1.82, 2.24) is 10.2 Å². The van der Waals surface area contributed by atoms with Gasteiger partial charge < -0.3 is 10.2 Å². The fraction of sp³-hybridized carbons (Fsp3) is 0.562. The van der Waals surface area contributed by atoms with Gasteiger partial charge in [-0.05, 0) is 36.5 Å². The predicted molar refractivity (Wildman–Crippen MR) is 104 cm³/mol. The average Bonchev–Trinajstić information content (AvgIpc) is 2.33. The highest BCUT2D eigenvalue weighted by Crippen LogP contribution is 2.24. The molecule has 1 N–H and O–H groups in total. The molecule has 3 nitrogen and oxygen atoms in total. The van der Waals surface area contributed by atoms with E-state index in [0.29, 0.717) is 0 Å². The van der Waals surface area contributed by atoms with Gasteiger partial charge in [0.05, 0.1) is 0 Å². The fourth-order valence-electron chi connectivity index (χ4n) is 2.06. The molecule has 120 valence electrons. The first-order chi connectivity index (χ1) is 9.34. The first-order valence-electron chi connectivity index (χ1n) is 7.04. The largest absolute Gasteiger partial charge is 0.357 e. The summed E-state index contributed by atoms with van der Waals surface area (Å²) < 4.78 is 0. The van der Waals surface area contributed by atoms with Crippen LogP contribution in [-0.2, 0) is 6.42 Å². The van der Waals surface area contributed by atoms with Crippen LogP contribution in [0.2, 0.25) is 5.02 Å². The zero-order chi connectivity index (χ0) is 15.2. The van der Waals surface area contributed by atoms with E-state index in [9.17, 15) is 0 Å². The number of guanidine groups is 1. The van der Waals surface area contributed by atoms with Gasteiger partial charge in [-0.3, -0.25) is 4.99 Å². The summed E-state index contributed by atoms with van der Waals surface area (Å²) in [7, 11) is 4.01. The lowest BCUT2D eigenvalue weighted by atomic mass is 9.86. The number of hydrogen-bond acceptors (Lipinski definition) is 1. The molecule has 0 amide bonds. The van der Waals surface area contributed by atoms with Crippen molar-refractivity contribution in [3.63, 3.8) is 0 Å². The Morgan fingerprint density at radius 1 is 1.33 bits per heavy atom. The third kappa shape index (κ3) is 7.90. The van der Waals surface area contributed by atoms with Crippen LogP contribution in [0.1, 0.15) is 26.3 Å². The number of aliphatic imine (C=N–C) groups is 1. The second kappa shape index (κ2) is 9.51. The first-order valence-corrected chi connectivity index (χ1v) is 7.42. The summed E-state index contributed by atoms with van der Waals surface area (Å²) in [6.45, 7) is 8.20. The molecule has 1 aromatic carbocycles. The van der Waals surface area contributed by atoms with Crippen molar-refractivity contribution in [2.24, 2.45) is 10.4 Å². The minimum Gasteiger partial charge on any atom is -0.357 e. The van der Waals surface area contributed by atoms with Crippen molar-refractivity contribution >= 4 is 41.5 Å². The molecule has 0 aliphatic carbocycles. The Balaban J connectivity index is 0.00000400. The Bertz CT molecular complexity index is 459. The summed E-state index contributed by atoms with van der Waals surface area (Å²) in [4.78, 5) is 6.71. The molecule has 0 fully saturated rings. The van der Waals surface area contributed by atoms with Crippen LogP contribution >= 0.6 is 35.6 Å². The highest BCUT2D eigenvalue weighted by molar-refractivity contribution is 14.0. The molecule has 0 bridgehead atoms. The van der Waals surface area contributed by atoms with E-state index >= 15 is 0 Å². The van der Waals surface area contributed by atoms with Crippen molar-refractivity contribution in [3.05, 3.63) is 34.9 Å². The van der Waals surface area contributed by atoms with Crippen molar-refractivity contribution in [3.8, 4) is 0 Å². The lowest BCUT2D eigenvalue weighted by molar-refractivity contribution is 0.374. The Kier molecular flexibility index (Phi) is 9.29. The van der Waals surface area contributed by atoms with Gasteiger partial charge in [0.1, 0.15) is 0 Å². The number of nitrogens with one attached hydrogen (secondary N) is 1. The van der Waals surface area contributed by atoms with Gasteiger partial charge in [-0.1, -0.05) is 37.6 Å². The van der Waals surface area contributed by atoms with Crippen molar-refractivity contribution in [1.29, 1.82) is 0 Å². The Labute approximate surface area is 151 Å². The van der Waals surface area contributed by atoms with Crippen LogP contribution < -0.4 is 5.32 Å². The number of benzene rings is 1. The maximum Gasteiger partial charge on any atom is 0.193 e. The lowest BCUT2D eigenvalue weighted by Gasteiger charge is -2.24. The SMILES string of the molecule is CCNC(=NCC(C)(C)Cc1cccc(Cl)c1)N(C)C.I. The van der Waals surface area contributed by atoms with E-state index in [1.165, 1.54) is 5.56 Å². The number of halogens is 2. The standard InChI is InChI=1S/C16H26ClN3.HI/c1-6-18-15(20(4)5)19-12-16(2,3)11-13-8-7-9-14(17)10-13;/h7-10H,6,11-12H2,1-5H3,(H,18,19);1H. The van der Waals surface area contributed by atoms with Crippen molar-refractivity contribution < 1.29 is 0 Å². The minimum atomic E-state index is 0. The third-order valence-corrected chi connectivity index (χ3v) is 3.22. The molecule has 0 aliphatic rings. The monoisotopic (exact) mass is 423 g/mol. The van der Waals surface area contributed by atoms with Crippen molar-refractivity contribution in [2.75, 3.05) is 27.2 Å². The molecule has 21 heavy (non-hydrogen) atoms. The van der Waals surface area contributed by atoms with Gasteiger partial charge in [-0.25, -0.2) is 0 Å². The molecule has 0 aliphatic heterocycles.